The first-order valence-electron chi connectivity index (χ1n) is 6.56. The molecule has 21 heavy (non-hydrogen) atoms. The summed E-state index contributed by atoms with van der Waals surface area (Å²) in [4.78, 5) is 26.0. The Balaban J connectivity index is 3.02. The highest BCUT2D eigenvalue weighted by molar-refractivity contribution is 5.96. The summed E-state index contributed by atoms with van der Waals surface area (Å²) in [6.07, 6.45) is 0.192. The Bertz CT molecular complexity index is 548. The average Bonchev–Trinajstić information content (AvgIpc) is 2.44. The zero-order valence-corrected chi connectivity index (χ0v) is 12.4. The molecule has 0 spiro atoms. The van der Waals surface area contributed by atoms with Crippen molar-refractivity contribution in [3.05, 3.63) is 29.8 Å². The van der Waals surface area contributed by atoms with Crippen LogP contribution in [0.3, 0.4) is 0 Å². The van der Waals surface area contributed by atoms with Gasteiger partial charge in [-0.15, -0.1) is 0 Å². The summed E-state index contributed by atoms with van der Waals surface area (Å²) in [7, 11) is 1.56. The van der Waals surface area contributed by atoms with Crippen LogP contribution in [0, 0.1) is 18.3 Å². The molecule has 0 aliphatic carbocycles. The van der Waals surface area contributed by atoms with Crippen molar-refractivity contribution in [2.45, 2.75) is 26.3 Å². The first-order chi connectivity index (χ1) is 9.86. The average molecular weight is 289 g/mol. The maximum Gasteiger partial charge on any atom is 0.325 e. The van der Waals surface area contributed by atoms with Crippen molar-refractivity contribution in [2.24, 2.45) is 0 Å². The number of urea groups is 1. The Morgan fingerprint density at radius 2 is 1.90 bits per heavy atom. The first-order valence-corrected chi connectivity index (χ1v) is 6.56. The lowest BCUT2D eigenvalue weighted by Gasteiger charge is -2.30. The van der Waals surface area contributed by atoms with Gasteiger partial charge in [0.15, 0.2) is 0 Å². The zero-order chi connectivity index (χ0) is 16.0. The number of anilines is 1. The molecule has 6 nitrogen and oxygen atoms in total. The highest BCUT2D eigenvalue weighted by atomic mass is 16.4. The van der Waals surface area contributed by atoms with Gasteiger partial charge in [0.1, 0.15) is 6.54 Å². The minimum Gasteiger partial charge on any atom is -0.480 e. The van der Waals surface area contributed by atoms with Gasteiger partial charge in [0.05, 0.1) is 12.5 Å². The summed E-state index contributed by atoms with van der Waals surface area (Å²) in [5.74, 6) is -1.09. The van der Waals surface area contributed by atoms with E-state index in [1.807, 2.05) is 25.1 Å². The van der Waals surface area contributed by atoms with Gasteiger partial charge in [-0.3, -0.25) is 9.69 Å². The highest BCUT2D eigenvalue weighted by Gasteiger charge is 2.25. The predicted molar refractivity (Wildman–Crippen MR) is 79.0 cm³/mol. The van der Waals surface area contributed by atoms with Crippen LogP contribution in [0.1, 0.15) is 18.9 Å². The molecule has 1 N–H and O–H groups in total. The molecule has 1 rings (SSSR count). The summed E-state index contributed by atoms with van der Waals surface area (Å²) in [5, 5.41) is 17.7. The van der Waals surface area contributed by atoms with Crippen LogP contribution >= 0.6 is 0 Å². The van der Waals surface area contributed by atoms with Gasteiger partial charge in [0.25, 0.3) is 0 Å². The highest BCUT2D eigenvalue weighted by Crippen LogP contribution is 2.17. The largest absolute Gasteiger partial charge is 0.480 e. The molecular formula is C15H19N3O3. The van der Waals surface area contributed by atoms with Gasteiger partial charge >= 0.3 is 12.0 Å². The number of carbonyl (C=O) groups excluding carboxylic acids is 1. The summed E-state index contributed by atoms with van der Waals surface area (Å²) in [6, 6.07) is 8.32. The van der Waals surface area contributed by atoms with Crippen molar-refractivity contribution in [1.29, 1.82) is 5.26 Å². The van der Waals surface area contributed by atoms with Crippen LogP contribution in [0.4, 0.5) is 10.5 Å². The molecule has 1 aromatic rings. The molecule has 0 aromatic heterocycles. The normalized spacial score (nSPS) is 11.3. The Hall–Kier alpha value is -2.55. The molecular weight excluding hydrogens is 270 g/mol. The minimum absolute atomic E-state index is 0.192. The van der Waals surface area contributed by atoms with Crippen LogP contribution in [-0.2, 0) is 4.79 Å². The number of aryl methyl sites for hydroxylation is 1. The number of benzene rings is 1. The number of nitrogens with zero attached hydrogens (tertiary/aromatic N) is 3. The van der Waals surface area contributed by atoms with Crippen molar-refractivity contribution in [2.75, 3.05) is 18.5 Å². The second kappa shape index (κ2) is 7.29. The Morgan fingerprint density at radius 3 is 2.38 bits per heavy atom. The van der Waals surface area contributed by atoms with Gasteiger partial charge in [-0.1, -0.05) is 17.7 Å². The number of hydrogen-bond acceptors (Lipinski definition) is 3. The molecule has 1 aromatic carbocycles. The number of nitriles is 1. The van der Waals surface area contributed by atoms with E-state index < -0.39 is 18.5 Å². The van der Waals surface area contributed by atoms with E-state index in [2.05, 4.69) is 0 Å². The summed E-state index contributed by atoms with van der Waals surface area (Å²) < 4.78 is 0. The molecule has 2 amide bonds. The van der Waals surface area contributed by atoms with Crippen molar-refractivity contribution in [3.8, 4) is 6.07 Å². The fourth-order valence-electron chi connectivity index (χ4n) is 1.78. The Morgan fingerprint density at radius 1 is 1.33 bits per heavy atom. The van der Waals surface area contributed by atoms with E-state index in [1.54, 1.807) is 26.1 Å². The van der Waals surface area contributed by atoms with Crippen LogP contribution in [0.5, 0.6) is 0 Å². The number of carboxylic acids is 1. The molecule has 1 unspecified atom stereocenters. The number of aliphatic carboxylic acids is 1. The van der Waals surface area contributed by atoms with Gasteiger partial charge < -0.3 is 10.0 Å². The summed E-state index contributed by atoms with van der Waals surface area (Å²) in [5.41, 5.74) is 1.54. The summed E-state index contributed by atoms with van der Waals surface area (Å²) >= 11 is 0. The number of hydrogen-bond donors (Lipinski definition) is 1. The van der Waals surface area contributed by atoms with Crippen molar-refractivity contribution in [1.82, 2.24) is 4.90 Å². The second-order valence-electron chi connectivity index (χ2n) is 4.92. The molecule has 0 bridgehead atoms. The predicted octanol–water partition coefficient (Wildman–Crippen LogP) is 2.24. The molecule has 0 aliphatic heterocycles. The van der Waals surface area contributed by atoms with Gasteiger partial charge in [0.2, 0.25) is 0 Å². The van der Waals surface area contributed by atoms with Crippen LogP contribution in [0.25, 0.3) is 0 Å². The number of rotatable bonds is 5. The van der Waals surface area contributed by atoms with Gasteiger partial charge in [-0.2, -0.15) is 5.26 Å². The fourth-order valence-corrected chi connectivity index (χ4v) is 1.78. The molecule has 6 heteroatoms. The van der Waals surface area contributed by atoms with Crippen LogP contribution in [0.15, 0.2) is 24.3 Å². The van der Waals surface area contributed by atoms with E-state index in [0.717, 1.165) is 5.56 Å². The van der Waals surface area contributed by atoms with E-state index >= 15 is 0 Å². The zero-order valence-electron chi connectivity index (χ0n) is 12.4. The Labute approximate surface area is 124 Å². The van der Waals surface area contributed by atoms with Crippen molar-refractivity contribution >= 4 is 17.7 Å². The van der Waals surface area contributed by atoms with Gasteiger partial charge in [-0.05, 0) is 26.0 Å². The van der Waals surface area contributed by atoms with Crippen LogP contribution in [-0.4, -0.2) is 41.6 Å². The maximum atomic E-state index is 12.5. The van der Waals surface area contributed by atoms with Gasteiger partial charge in [-0.25, -0.2) is 4.79 Å². The monoisotopic (exact) mass is 289 g/mol. The van der Waals surface area contributed by atoms with E-state index in [9.17, 15) is 9.59 Å². The third-order valence-electron chi connectivity index (χ3n) is 3.22. The van der Waals surface area contributed by atoms with E-state index in [-0.39, 0.29) is 12.5 Å². The topological polar surface area (TPSA) is 84.6 Å². The second-order valence-corrected chi connectivity index (χ2v) is 4.92. The van der Waals surface area contributed by atoms with E-state index in [4.69, 9.17) is 10.4 Å². The standard InChI is InChI=1S/C15H19N3O3/c1-11-4-6-13(7-5-11)18(10-14(19)20)15(21)17(3)12(2)8-9-16/h4-7,12H,8,10H2,1-3H3,(H,19,20). The SMILES string of the molecule is Cc1ccc(N(CC(=O)O)C(=O)N(C)C(C)CC#N)cc1. The molecule has 0 heterocycles. The molecule has 0 fully saturated rings. The third kappa shape index (κ3) is 4.49. The third-order valence-corrected chi connectivity index (χ3v) is 3.22. The number of amides is 2. The molecule has 0 aliphatic rings. The van der Waals surface area contributed by atoms with Crippen molar-refractivity contribution in [3.63, 3.8) is 0 Å². The number of carbonyl (C=O) groups is 2. The van der Waals surface area contributed by atoms with Crippen LogP contribution < -0.4 is 4.90 Å². The molecule has 1 atom stereocenters. The lowest BCUT2D eigenvalue weighted by Crippen LogP contribution is -2.47. The molecule has 0 saturated carbocycles. The maximum absolute atomic E-state index is 12.5. The molecule has 0 radical (unpaired) electrons. The quantitative estimate of drug-likeness (QED) is 0.900. The minimum atomic E-state index is -1.09. The van der Waals surface area contributed by atoms with Crippen LogP contribution in [0.2, 0.25) is 0 Å². The molecule has 112 valence electrons. The van der Waals surface area contributed by atoms with Crippen molar-refractivity contribution < 1.29 is 14.7 Å². The first kappa shape index (κ1) is 16.5. The smallest absolute Gasteiger partial charge is 0.325 e. The lowest BCUT2D eigenvalue weighted by molar-refractivity contribution is -0.135. The van der Waals surface area contributed by atoms with E-state index in [1.165, 1.54) is 9.80 Å². The number of carboxylic acid groups (broad SMARTS) is 1. The Kier molecular flexibility index (Phi) is 5.73. The molecule has 0 saturated heterocycles. The lowest BCUT2D eigenvalue weighted by atomic mass is 10.2. The van der Waals surface area contributed by atoms with E-state index in [0.29, 0.717) is 5.69 Å². The van der Waals surface area contributed by atoms with Gasteiger partial charge in [0, 0.05) is 18.8 Å². The fraction of sp³-hybridized carbons (Fsp3) is 0.400. The summed E-state index contributed by atoms with van der Waals surface area (Å²) in [6.45, 7) is 3.23.